The molecule has 1 aromatic heterocycles. The maximum atomic E-state index is 9.57. The van der Waals surface area contributed by atoms with Gasteiger partial charge in [-0.2, -0.15) is 4.98 Å². The summed E-state index contributed by atoms with van der Waals surface area (Å²) < 4.78 is 0. The smallest absolute Gasteiger partial charge is 0.225 e. The van der Waals surface area contributed by atoms with Gasteiger partial charge in [-0.05, 0) is 43.2 Å². The van der Waals surface area contributed by atoms with E-state index in [-0.39, 0.29) is 12.6 Å². The molecule has 1 aromatic carbocycles. The van der Waals surface area contributed by atoms with Crippen molar-refractivity contribution in [2.24, 2.45) is 5.92 Å². The van der Waals surface area contributed by atoms with E-state index in [9.17, 15) is 5.11 Å². The largest absolute Gasteiger partial charge is 0.394 e. The highest BCUT2D eigenvalue weighted by Crippen LogP contribution is 2.40. The lowest BCUT2D eigenvalue weighted by atomic mass is 10.1. The highest BCUT2D eigenvalue weighted by atomic mass is 32.2. The summed E-state index contributed by atoms with van der Waals surface area (Å²) in [6.07, 6.45) is 4.44. The molecule has 0 bridgehead atoms. The van der Waals surface area contributed by atoms with E-state index in [1.165, 1.54) is 17.7 Å². The van der Waals surface area contributed by atoms with Crippen molar-refractivity contribution in [2.75, 3.05) is 23.5 Å². The number of anilines is 3. The summed E-state index contributed by atoms with van der Waals surface area (Å²) in [5.74, 6) is 2.21. The van der Waals surface area contributed by atoms with Crippen LogP contribution in [0.5, 0.6) is 0 Å². The van der Waals surface area contributed by atoms with Gasteiger partial charge in [-0.1, -0.05) is 19.9 Å². The van der Waals surface area contributed by atoms with Crippen molar-refractivity contribution >= 4 is 29.2 Å². The Morgan fingerprint density at radius 1 is 1.24 bits per heavy atom. The van der Waals surface area contributed by atoms with E-state index in [1.807, 2.05) is 18.2 Å². The molecular weight excluding hydrogens is 332 g/mol. The zero-order chi connectivity index (χ0) is 17.8. The van der Waals surface area contributed by atoms with Crippen LogP contribution in [-0.4, -0.2) is 34.0 Å². The molecule has 1 aliphatic carbocycles. The number of aliphatic hydroxyl groups is 1. The topological polar surface area (TPSA) is 70.1 Å². The van der Waals surface area contributed by atoms with Gasteiger partial charge < -0.3 is 15.7 Å². The summed E-state index contributed by atoms with van der Waals surface area (Å²) in [7, 11) is 0. The Bertz CT molecular complexity index is 718. The molecule has 1 heterocycles. The highest BCUT2D eigenvalue weighted by molar-refractivity contribution is 7.98. The van der Waals surface area contributed by atoms with E-state index in [1.54, 1.807) is 11.8 Å². The Balaban J connectivity index is 1.84. The molecule has 3 rings (SSSR count). The lowest BCUT2D eigenvalue weighted by Gasteiger charge is -2.20. The third kappa shape index (κ3) is 4.86. The van der Waals surface area contributed by atoms with Gasteiger partial charge in [-0.25, -0.2) is 4.98 Å². The number of thioether (sulfide) groups is 1. The number of nitrogens with one attached hydrogen (secondary N) is 2. The quantitative estimate of drug-likeness (QED) is 0.613. The molecule has 134 valence electrons. The van der Waals surface area contributed by atoms with Crippen LogP contribution in [0.2, 0.25) is 0 Å². The Kier molecular flexibility index (Phi) is 5.81. The van der Waals surface area contributed by atoms with Crippen LogP contribution in [-0.2, 0) is 0 Å². The van der Waals surface area contributed by atoms with Crippen LogP contribution < -0.4 is 10.6 Å². The molecule has 25 heavy (non-hydrogen) atoms. The normalized spacial score (nSPS) is 15.2. The predicted molar refractivity (Wildman–Crippen MR) is 105 cm³/mol. The van der Waals surface area contributed by atoms with E-state index in [4.69, 9.17) is 0 Å². The first-order valence-electron chi connectivity index (χ1n) is 8.76. The van der Waals surface area contributed by atoms with Crippen molar-refractivity contribution in [3.63, 3.8) is 0 Å². The Morgan fingerprint density at radius 2 is 2.04 bits per heavy atom. The molecule has 0 amide bonds. The molecule has 0 aliphatic heterocycles. The van der Waals surface area contributed by atoms with E-state index in [2.05, 4.69) is 52.8 Å². The van der Waals surface area contributed by atoms with Crippen molar-refractivity contribution in [1.82, 2.24) is 9.97 Å². The first-order valence-corrected chi connectivity index (χ1v) is 9.99. The molecule has 0 saturated heterocycles. The van der Waals surface area contributed by atoms with Crippen LogP contribution in [0, 0.1) is 5.92 Å². The average Bonchev–Trinajstić information content (AvgIpc) is 3.44. The van der Waals surface area contributed by atoms with Crippen molar-refractivity contribution in [3.8, 4) is 0 Å². The molecule has 0 spiro atoms. The van der Waals surface area contributed by atoms with Gasteiger partial charge in [0.25, 0.3) is 0 Å². The lowest BCUT2D eigenvalue weighted by molar-refractivity contribution is 0.248. The Hall–Kier alpha value is -1.79. The third-order valence-corrected chi connectivity index (χ3v) is 5.12. The zero-order valence-electron chi connectivity index (χ0n) is 15.0. The molecule has 5 nitrogen and oxygen atoms in total. The standard InChI is InChI=1S/C19H26N4OS/c1-12(2)17(11-24)22-19-21-16(13-7-8-13)10-18(23-19)20-14-5-4-6-15(9-14)25-3/h4-6,9-10,12-13,17,24H,7-8,11H2,1-3H3,(H2,20,21,22,23)/t17-/m1/s1. The fourth-order valence-corrected chi connectivity index (χ4v) is 3.08. The molecular formula is C19H26N4OS. The molecule has 3 N–H and O–H groups in total. The summed E-state index contributed by atoms with van der Waals surface area (Å²) in [6.45, 7) is 4.21. The maximum Gasteiger partial charge on any atom is 0.225 e. The average molecular weight is 359 g/mol. The van der Waals surface area contributed by atoms with Gasteiger partial charge in [-0.3, -0.25) is 0 Å². The van der Waals surface area contributed by atoms with Gasteiger partial charge in [0.05, 0.1) is 18.3 Å². The van der Waals surface area contributed by atoms with E-state index < -0.39 is 0 Å². The van der Waals surface area contributed by atoms with Crippen LogP contribution in [0.1, 0.15) is 38.3 Å². The van der Waals surface area contributed by atoms with Crippen LogP contribution in [0.3, 0.4) is 0 Å². The molecule has 1 aliphatic rings. The number of aromatic nitrogens is 2. The SMILES string of the molecule is CSc1cccc(Nc2cc(C3CC3)nc(N[C@H](CO)C(C)C)n2)c1. The second kappa shape index (κ2) is 8.06. The fourth-order valence-electron chi connectivity index (χ4n) is 2.62. The van der Waals surface area contributed by atoms with Crippen molar-refractivity contribution in [3.05, 3.63) is 36.0 Å². The number of hydrogen-bond acceptors (Lipinski definition) is 6. The van der Waals surface area contributed by atoms with Gasteiger partial charge in [0.2, 0.25) is 5.95 Å². The monoisotopic (exact) mass is 358 g/mol. The summed E-state index contributed by atoms with van der Waals surface area (Å²) in [5, 5.41) is 16.3. The molecule has 1 atom stereocenters. The summed E-state index contributed by atoms with van der Waals surface area (Å²) in [5.41, 5.74) is 2.09. The minimum atomic E-state index is -0.0536. The van der Waals surface area contributed by atoms with E-state index in [0.717, 1.165) is 17.2 Å². The van der Waals surface area contributed by atoms with Gasteiger partial charge >= 0.3 is 0 Å². The zero-order valence-corrected chi connectivity index (χ0v) is 15.8. The van der Waals surface area contributed by atoms with Gasteiger partial charge in [0, 0.05) is 22.6 Å². The number of benzene rings is 1. The number of rotatable bonds is 8. The van der Waals surface area contributed by atoms with Crippen molar-refractivity contribution < 1.29 is 5.11 Å². The van der Waals surface area contributed by atoms with Crippen LogP contribution in [0.25, 0.3) is 0 Å². The second-order valence-electron chi connectivity index (χ2n) is 6.81. The second-order valence-corrected chi connectivity index (χ2v) is 7.69. The summed E-state index contributed by atoms with van der Waals surface area (Å²) in [4.78, 5) is 10.5. The minimum Gasteiger partial charge on any atom is -0.394 e. The molecule has 6 heteroatoms. The Morgan fingerprint density at radius 3 is 2.68 bits per heavy atom. The predicted octanol–water partition coefficient (Wildman–Crippen LogP) is 4.25. The molecule has 0 radical (unpaired) electrons. The number of nitrogens with zero attached hydrogens (tertiary/aromatic N) is 2. The van der Waals surface area contributed by atoms with Gasteiger partial charge in [-0.15, -0.1) is 11.8 Å². The van der Waals surface area contributed by atoms with Crippen LogP contribution >= 0.6 is 11.8 Å². The van der Waals surface area contributed by atoms with Crippen LogP contribution in [0.15, 0.2) is 35.2 Å². The lowest BCUT2D eigenvalue weighted by Crippen LogP contribution is -2.30. The Labute approximate surface area is 153 Å². The van der Waals surface area contributed by atoms with E-state index in [0.29, 0.717) is 17.8 Å². The molecule has 2 aromatic rings. The number of aliphatic hydroxyl groups excluding tert-OH is 1. The van der Waals surface area contributed by atoms with E-state index >= 15 is 0 Å². The highest BCUT2D eigenvalue weighted by Gasteiger charge is 2.26. The first-order chi connectivity index (χ1) is 12.1. The molecule has 1 fully saturated rings. The van der Waals surface area contributed by atoms with Crippen molar-refractivity contribution in [1.29, 1.82) is 0 Å². The summed E-state index contributed by atoms with van der Waals surface area (Å²) in [6, 6.07) is 10.3. The summed E-state index contributed by atoms with van der Waals surface area (Å²) >= 11 is 1.72. The van der Waals surface area contributed by atoms with Gasteiger partial charge in [0.15, 0.2) is 0 Å². The first kappa shape index (κ1) is 18.0. The third-order valence-electron chi connectivity index (χ3n) is 4.40. The van der Waals surface area contributed by atoms with Crippen LogP contribution in [0.4, 0.5) is 17.5 Å². The minimum absolute atomic E-state index is 0.0536. The van der Waals surface area contributed by atoms with Gasteiger partial charge in [0.1, 0.15) is 5.82 Å². The molecule has 1 saturated carbocycles. The van der Waals surface area contributed by atoms with Crippen molar-refractivity contribution in [2.45, 2.75) is 43.5 Å². The molecule has 0 unspecified atom stereocenters. The fraction of sp³-hybridized carbons (Fsp3) is 0.474. The maximum absolute atomic E-state index is 9.57. The number of hydrogen-bond donors (Lipinski definition) is 3.